The first kappa shape index (κ1) is 12.2. The van der Waals surface area contributed by atoms with Gasteiger partial charge in [-0.15, -0.1) is 0 Å². The van der Waals surface area contributed by atoms with Crippen molar-refractivity contribution >= 4 is 0 Å². The highest BCUT2D eigenvalue weighted by atomic mass is 16.3. The van der Waals surface area contributed by atoms with Crippen molar-refractivity contribution in [3.05, 3.63) is 35.9 Å². The SMILES string of the molecule is CCCCN(CCO)Cc1ccccc1. The molecule has 0 aliphatic heterocycles. The molecule has 0 amide bonds. The van der Waals surface area contributed by atoms with Crippen molar-refractivity contribution in [2.75, 3.05) is 19.7 Å². The quantitative estimate of drug-likeness (QED) is 0.741. The molecule has 0 heterocycles. The first-order chi connectivity index (χ1) is 7.36. The van der Waals surface area contributed by atoms with Gasteiger partial charge in [-0.3, -0.25) is 4.90 Å². The Morgan fingerprint density at radius 3 is 2.47 bits per heavy atom. The van der Waals surface area contributed by atoms with E-state index in [0.717, 1.165) is 19.6 Å². The van der Waals surface area contributed by atoms with Crippen molar-refractivity contribution in [2.24, 2.45) is 0 Å². The summed E-state index contributed by atoms with van der Waals surface area (Å²) in [6, 6.07) is 10.4. The molecule has 0 saturated heterocycles. The van der Waals surface area contributed by atoms with E-state index in [1.165, 1.54) is 18.4 Å². The number of benzene rings is 1. The predicted molar refractivity (Wildman–Crippen MR) is 63.7 cm³/mol. The van der Waals surface area contributed by atoms with Crippen LogP contribution in [0.4, 0.5) is 0 Å². The van der Waals surface area contributed by atoms with Gasteiger partial charge in [0, 0.05) is 13.1 Å². The Morgan fingerprint density at radius 1 is 1.13 bits per heavy atom. The first-order valence-electron chi connectivity index (χ1n) is 5.74. The average Bonchev–Trinajstić information content (AvgIpc) is 2.28. The van der Waals surface area contributed by atoms with E-state index < -0.39 is 0 Å². The number of aliphatic hydroxyl groups is 1. The second kappa shape index (κ2) is 7.43. The van der Waals surface area contributed by atoms with Gasteiger partial charge >= 0.3 is 0 Å². The molecule has 1 aromatic carbocycles. The van der Waals surface area contributed by atoms with Gasteiger partial charge in [0.2, 0.25) is 0 Å². The lowest BCUT2D eigenvalue weighted by atomic mass is 10.2. The number of nitrogens with zero attached hydrogens (tertiary/aromatic N) is 1. The maximum Gasteiger partial charge on any atom is 0.0558 e. The minimum absolute atomic E-state index is 0.247. The maximum absolute atomic E-state index is 8.97. The molecule has 1 N–H and O–H groups in total. The van der Waals surface area contributed by atoms with Crippen LogP contribution in [0.25, 0.3) is 0 Å². The van der Waals surface area contributed by atoms with Gasteiger partial charge in [0.05, 0.1) is 6.61 Å². The van der Waals surface area contributed by atoms with Gasteiger partial charge < -0.3 is 5.11 Å². The Hall–Kier alpha value is -0.860. The molecule has 0 aliphatic carbocycles. The Bertz CT molecular complexity index is 248. The van der Waals surface area contributed by atoms with Crippen LogP contribution in [0, 0.1) is 0 Å². The first-order valence-corrected chi connectivity index (χ1v) is 5.74. The minimum atomic E-state index is 0.247. The van der Waals surface area contributed by atoms with Crippen LogP contribution in [-0.4, -0.2) is 29.7 Å². The summed E-state index contributed by atoms with van der Waals surface area (Å²) in [6.45, 7) is 5.23. The summed E-state index contributed by atoms with van der Waals surface area (Å²) in [5.74, 6) is 0. The Balaban J connectivity index is 2.43. The lowest BCUT2D eigenvalue weighted by molar-refractivity contribution is 0.188. The zero-order valence-electron chi connectivity index (χ0n) is 9.52. The third-order valence-electron chi connectivity index (χ3n) is 2.49. The van der Waals surface area contributed by atoms with Gasteiger partial charge in [0.25, 0.3) is 0 Å². The predicted octanol–water partition coefficient (Wildman–Crippen LogP) is 2.28. The highest BCUT2D eigenvalue weighted by Crippen LogP contribution is 2.05. The Morgan fingerprint density at radius 2 is 1.87 bits per heavy atom. The zero-order valence-corrected chi connectivity index (χ0v) is 9.52. The summed E-state index contributed by atoms with van der Waals surface area (Å²) in [6.07, 6.45) is 2.41. The van der Waals surface area contributed by atoms with Crippen LogP contribution in [0.3, 0.4) is 0 Å². The van der Waals surface area contributed by atoms with Crippen LogP contribution in [0.2, 0.25) is 0 Å². The van der Waals surface area contributed by atoms with Crippen LogP contribution in [0.5, 0.6) is 0 Å². The third-order valence-corrected chi connectivity index (χ3v) is 2.49. The number of aliphatic hydroxyl groups excluding tert-OH is 1. The molecule has 2 heteroatoms. The summed E-state index contributed by atoms with van der Waals surface area (Å²) in [5, 5.41) is 8.97. The topological polar surface area (TPSA) is 23.5 Å². The number of unbranched alkanes of at least 4 members (excludes halogenated alkanes) is 1. The summed E-state index contributed by atoms with van der Waals surface area (Å²) in [7, 11) is 0. The zero-order chi connectivity index (χ0) is 10.9. The monoisotopic (exact) mass is 207 g/mol. The van der Waals surface area contributed by atoms with E-state index in [1.807, 2.05) is 6.07 Å². The molecule has 0 saturated carbocycles. The van der Waals surface area contributed by atoms with Crippen LogP contribution in [-0.2, 0) is 6.54 Å². The van der Waals surface area contributed by atoms with Crippen molar-refractivity contribution in [1.29, 1.82) is 0 Å². The van der Waals surface area contributed by atoms with Crippen molar-refractivity contribution in [3.8, 4) is 0 Å². The lowest BCUT2D eigenvalue weighted by Gasteiger charge is -2.20. The smallest absolute Gasteiger partial charge is 0.0558 e. The lowest BCUT2D eigenvalue weighted by Crippen LogP contribution is -2.27. The molecule has 0 radical (unpaired) electrons. The molecule has 0 bridgehead atoms. The van der Waals surface area contributed by atoms with E-state index >= 15 is 0 Å². The molecule has 1 rings (SSSR count). The van der Waals surface area contributed by atoms with Gasteiger partial charge in [-0.05, 0) is 18.5 Å². The van der Waals surface area contributed by atoms with E-state index in [1.54, 1.807) is 0 Å². The van der Waals surface area contributed by atoms with Crippen molar-refractivity contribution < 1.29 is 5.11 Å². The molecule has 0 aliphatic rings. The molecule has 15 heavy (non-hydrogen) atoms. The fourth-order valence-electron chi connectivity index (χ4n) is 1.63. The fourth-order valence-corrected chi connectivity index (χ4v) is 1.63. The van der Waals surface area contributed by atoms with E-state index in [0.29, 0.717) is 0 Å². The van der Waals surface area contributed by atoms with Gasteiger partial charge in [0.15, 0.2) is 0 Å². The normalized spacial score (nSPS) is 10.9. The summed E-state index contributed by atoms with van der Waals surface area (Å²) in [5.41, 5.74) is 1.32. The molecule has 0 unspecified atom stereocenters. The summed E-state index contributed by atoms with van der Waals surface area (Å²) >= 11 is 0. The molecule has 84 valence electrons. The Kier molecular flexibility index (Phi) is 6.05. The molecule has 1 aromatic rings. The van der Waals surface area contributed by atoms with Crippen LogP contribution in [0.1, 0.15) is 25.3 Å². The number of hydrogen-bond donors (Lipinski definition) is 1. The standard InChI is InChI=1S/C13H21NO/c1-2-3-9-14(10-11-15)12-13-7-5-4-6-8-13/h4-8,15H,2-3,9-12H2,1H3. The van der Waals surface area contributed by atoms with Gasteiger partial charge in [-0.25, -0.2) is 0 Å². The van der Waals surface area contributed by atoms with E-state index in [4.69, 9.17) is 5.11 Å². The molecule has 2 nitrogen and oxygen atoms in total. The fraction of sp³-hybridized carbons (Fsp3) is 0.538. The van der Waals surface area contributed by atoms with Crippen LogP contribution in [0.15, 0.2) is 30.3 Å². The molecule has 0 spiro atoms. The molecule has 0 fully saturated rings. The summed E-state index contributed by atoms with van der Waals surface area (Å²) in [4.78, 5) is 2.30. The summed E-state index contributed by atoms with van der Waals surface area (Å²) < 4.78 is 0. The second-order valence-corrected chi connectivity index (χ2v) is 3.84. The van der Waals surface area contributed by atoms with Crippen LogP contribution < -0.4 is 0 Å². The highest BCUT2D eigenvalue weighted by Gasteiger charge is 2.03. The number of rotatable bonds is 7. The Labute approximate surface area is 92.5 Å². The second-order valence-electron chi connectivity index (χ2n) is 3.84. The van der Waals surface area contributed by atoms with Crippen molar-refractivity contribution in [2.45, 2.75) is 26.3 Å². The molecule has 0 aromatic heterocycles. The minimum Gasteiger partial charge on any atom is -0.395 e. The van der Waals surface area contributed by atoms with E-state index in [9.17, 15) is 0 Å². The number of hydrogen-bond acceptors (Lipinski definition) is 2. The highest BCUT2D eigenvalue weighted by molar-refractivity contribution is 5.14. The van der Waals surface area contributed by atoms with E-state index in [2.05, 4.69) is 36.1 Å². The van der Waals surface area contributed by atoms with E-state index in [-0.39, 0.29) is 6.61 Å². The van der Waals surface area contributed by atoms with Gasteiger partial charge in [0.1, 0.15) is 0 Å². The van der Waals surface area contributed by atoms with Crippen molar-refractivity contribution in [3.63, 3.8) is 0 Å². The molecular formula is C13H21NO. The van der Waals surface area contributed by atoms with Crippen LogP contribution >= 0.6 is 0 Å². The molecule has 0 atom stereocenters. The van der Waals surface area contributed by atoms with Crippen molar-refractivity contribution in [1.82, 2.24) is 4.90 Å². The van der Waals surface area contributed by atoms with Gasteiger partial charge in [-0.2, -0.15) is 0 Å². The third kappa shape index (κ3) is 4.96. The average molecular weight is 207 g/mol. The molecular weight excluding hydrogens is 186 g/mol. The maximum atomic E-state index is 8.97. The largest absolute Gasteiger partial charge is 0.395 e. The van der Waals surface area contributed by atoms with Gasteiger partial charge in [-0.1, -0.05) is 43.7 Å².